The van der Waals surface area contributed by atoms with Gasteiger partial charge in [-0.25, -0.2) is 0 Å². The van der Waals surface area contributed by atoms with Crippen molar-refractivity contribution in [3.63, 3.8) is 0 Å². The summed E-state index contributed by atoms with van der Waals surface area (Å²) in [6, 6.07) is 0.478. The summed E-state index contributed by atoms with van der Waals surface area (Å²) in [4.78, 5) is 13.1. The van der Waals surface area contributed by atoms with Gasteiger partial charge >= 0.3 is 0 Å². The summed E-state index contributed by atoms with van der Waals surface area (Å²) >= 11 is 0. The molecule has 1 aliphatic rings. The summed E-state index contributed by atoms with van der Waals surface area (Å²) < 4.78 is 0. The number of rotatable bonds is 2. The van der Waals surface area contributed by atoms with Crippen LogP contribution >= 0.6 is 0 Å². The smallest absolute Gasteiger partial charge is 0.221 e. The number of amides is 1. The van der Waals surface area contributed by atoms with E-state index in [-0.39, 0.29) is 11.8 Å². The van der Waals surface area contributed by atoms with Crippen molar-refractivity contribution in [2.45, 2.75) is 25.8 Å². The van der Waals surface area contributed by atoms with Crippen LogP contribution in [0.3, 0.4) is 0 Å². The molecule has 1 amide bonds. The number of piperidine rings is 1. The largest absolute Gasteiger partial charge is 0.369 e. The van der Waals surface area contributed by atoms with E-state index in [9.17, 15) is 4.79 Å². The topological polar surface area (TPSA) is 46.3 Å². The van der Waals surface area contributed by atoms with Gasteiger partial charge in [-0.2, -0.15) is 0 Å². The zero-order valence-electron chi connectivity index (χ0n) is 7.99. The molecule has 0 aromatic heterocycles. The fraction of sp³-hybridized carbons (Fsp3) is 0.700. The summed E-state index contributed by atoms with van der Waals surface area (Å²) in [5.74, 6) is 2.39. The third kappa shape index (κ3) is 2.46. The Balaban J connectivity index is 2.53. The Labute approximate surface area is 79.3 Å². The van der Waals surface area contributed by atoms with Gasteiger partial charge in [0.25, 0.3) is 0 Å². The van der Waals surface area contributed by atoms with Crippen LogP contribution in [0.15, 0.2) is 0 Å². The van der Waals surface area contributed by atoms with Crippen molar-refractivity contribution in [2.75, 3.05) is 13.1 Å². The maximum absolute atomic E-state index is 11.0. The Hall–Kier alpha value is -1.01. The van der Waals surface area contributed by atoms with Gasteiger partial charge in [0.15, 0.2) is 0 Å². The first kappa shape index (κ1) is 10.1. The molecule has 3 nitrogen and oxygen atoms in total. The molecule has 0 bridgehead atoms. The number of nitrogens with zero attached hydrogens (tertiary/aromatic N) is 1. The Morgan fingerprint density at radius 3 is 2.92 bits per heavy atom. The van der Waals surface area contributed by atoms with E-state index in [4.69, 9.17) is 12.2 Å². The van der Waals surface area contributed by atoms with Crippen molar-refractivity contribution in [1.82, 2.24) is 4.90 Å². The van der Waals surface area contributed by atoms with Gasteiger partial charge in [0.2, 0.25) is 5.91 Å². The Morgan fingerprint density at radius 1 is 1.69 bits per heavy atom. The number of carbonyl (C=O) groups excluding carboxylic acids is 1. The average Bonchev–Trinajstić information content (AvgIpc) is 2.08. The first-order valence-electron chi connectivity index (χ1n) is 4.62. The molecule has 3 heteroatoms. The van der Waals surface area contributed by atoms with Gasteiger partial charge in [-0.3, -0.25) is 9.69 Å². The fourth-order valence-electron chi connectivity index (χ4n) is 1.75. The van der Waals surface area contributed by atoms with Crippen LogP contribution in [0, 0.1) is 18.3 Å². The van der Waals surface area contributed by atoms with Crippen molar-refractivity contribution in [1.29, 1.82) is 0 Å². The Bertz CT molecular complexity index is 232. The molecule has 0 aliphatic carbocycles. The summed E-state index contributed by atoms with van der Waals surface area (Å²) in [5, 5.41) is 0. The summed E-state index contributed by atoms with van der Waals surface area (Å²) in [6.45, 7) is 3.47. The van der Waals surface area contributed by atoms with Crippen molar-refractivity contribution in [3.05, 3.63) is 0 Å². The standard InChI is InChI=1S/C10H16N2O/c1-3-6-12-7-9(10(11)13)5-4-8(12)2/h1,8-9H,4-7H2,2H3,(H2,11,13). The maximum Gasteiger partial charge on any atom is 0.221 e. The second kappa shape index (κ2) is 4.29. The minimum Gasteiger partial charge on any atom is -0.369 e. The lowest BCUT2D eigenvalue weighted by Crippen LogP contribution is -2.45. The van der Waals surface area contributed by atoms with E-state index >= 15 is 0 Å². The van der Waals surface area contributed by atoms with Gasteiger partial charge < -0.3 is 5.73 Å². The lowest BCUT2D eigenvalue weighted by Gasteiger charge is -2.35. The van der Waals surface area contributed by atoms with Crippen LogP contribution in [0.2, 0.25) is 0 Å². The normalized spacial score (nSPS) is 29.5. The number of hydrogen-bond acceptors (Lipinski definition) is 2. The van der Waals surface area contributed by atoms with Crippen molar-refractivity contribution < 1.29 is 4.79 Å². The molecule has 2 N–H and O–H groups in total. The molecule has 0 aromatic carbocycles. The predicted molar refractivity (Wildman–Crippen MR) is 51.8 cm³/mol. The molecule has 0 aromatic rings. The third-order valence-electron chi connectivity index (χ3n) is 2.71. The fourth-order valence-corrected chi connectivity index (χ4v) is 1.75. The van der Waals surface area contributed by atoms with Gasteiger partial charge in [0.05, 0.1) is 12.5 Å². The predicted octanol–water partition coefficient (Wildman–Crippen LogP) is 0.205. The lowest BCUT2D eigenvalue weighted by atomic mass is 9.93. The Kier molecular flexibility index (Phi) is 3.32. The molecule has 2 unspecified atom stereocenters. The van der Waals surface area contributed by atoms with Gasteiger partial charge in [0.1, 0.15) is 0 Å². The molecule has 1 fully saturated rings. The van der Waals surface area contributed by atoms with E-state index in [0.717, 1.165) is 19.4 Å². The summed E-state index contributed by atoms with van der Waals surface area (Å²) in [7, 11) is 0. The minimum absolute atomic E-state index is 0.00968. The van der Waals surface area contributed by atoms with Crippen LogP contribution in [-0.4, -0.2) is 29.9 Å². The molecule has 1 saturated heterocycles. The number of likely N-dealkylation sites (tertiary alicyclic amines) is 1. The van der Waals surface area contributed by atoms with Crippen LogP contribution < -0.4 is 5.73 Å². The van der Waals surface area contributed by atoms with Crippen LogP contribution in [-0.2, 0) is 4.79 Å². The van der Waals surface area contributed by atoms with Crippen LogP contribution in [0.1, 0.15) is 19.8 Å². The second-order valence-corrected chi connectivity index (χ2v) is 3.66. The van der Waals surface area contributed by atoms with Crippen molar-refractivity contribution in [2.24, 2.45) is 11.7 Å². The quantitative estimate of drug-likeness (QED) is 0.617. The number of carbonyl (C=O) groups is 1. The van der Waals surface area contributed by atoms with E-state index in [1.54, 1.807) is 0 Å². The molecular weight excluding hydrogens is 164 g/mol. The number of hydrogen-bond donors (Lipinski definition) is 1. The summed E-state index contributed by atoms with van der Waals surface area (Å²) in [6.07, 6.45) is 7.14. The van der Waals surface area contributed by atoms with E-state index in [0.29, 0.717) is 12.6 Å². The Morgan fingerprint density at radius 2 is 2.38 bits per heavy atom. The number of terminal acetylenes is 1. The SMILES string of the molecule is C#CCN1CC(C(N)=O)CCC1C. The highest BCUT2D eigenvalue weighted by Gasteiger charge is 2.27. The van der Waals surface area contributed by atoms with Gasteiger partial charge in [0, 0.05) is 12.6 Å². The van der Waals surface area contributed by atoms with Crippen molar-refractivity contribution >= 4 is 5.91 Å². The molecule has 2 atom stereocenters. The van der Waals surface area contributed by atoms with Crippen LogP contribution in [0.25, 0.3) is 0 Å². The van der Waals surface area contributed by atoms with E-state index in [1.165, 1.54) is 0 Å². The number of primary amides is 1. The second-order valence-electron chi connectivity index (χ2n) is 3.66. The van der Waals surface area contributed by atoms with Gasteiger partial charge in [-0.15, -0.1) is 6.42 Å². The highest BCUT2D eigenvalue weighted by molar-refractivity contribution is 5.76. The lowest BCUT2D eigenvalue weighted by molar-refractivity contribution is -0.123. The van der Waals surface area contributed by atoms with Crippen molar-refractivity contribution in [3.8, 4) is 12.3 Å². The maximum atomic E-state index is 11.0. The monoisotopic (exact) mass is 180 g/mol. The molecule has 1 heterocycles. The zero-order valence-corrected chi connectivity index (χ0v) is 7.99. The zero-order chi connectivity index (χ0) is 9.84. The molecular formula is C10H16N2O. The van der Waals surface area contributed by atoms with E-state index < -0.39 is 0 Å². The van der Waals surface area contributed by atoms with Crippen LogP contribution in [0.4, 0.5) is 0 Å². The van der Waals surface area contributed by atoms with Gasteiger partial charge in [-0.1, -0.05) is 5.92 Å². The van der Waals surface area contributed by atoms with Gasteiger partial charge in [-0.05, 0) is 19.8 Å². The molecule has 0 saturated carbocycles. The third-order valence-corrected chi connectivity index (χ3v) is 2.71. The van der Waals surface area contributed by atoms with Crippen LogP contribution in [0.5, 0.6) is 0 Å². The molecule has 0 spiro atoms. The molecule has 72 valence electrons. The van der Waals surface area contributed by atoms with E-state index in [1.807, 2.05) is 0 Å². The molecule has 0 radical (unpaired) electrons. The molecule has 13 heavy (non-hydrogen) atoms. The molecule has 1 aliphatic heterocycles. The van der Waals surface area contributed by atoms with E-state index in [2.05, 4.69) is 17.7 Å². The first-order valence-corrected chi connectivity index (χ1v) is 4.62. The minimum atomic E-state index is -0.200. The number of nitrogens with two attached hydrogens (primary N) is 1. The highest BCUT2D eigenvalue weighted by atomic mass is 16.1. The first-order chi connectivity index (χ1) is 6.15. The highest BCUT2D eigenvalue weighted by Crippen LogP contribution is 2.20. The summed E-state index contributed by atoms with van der Waals surface area (Å²) in [5.41, 5.74) is 5.25. The molecule has 1 rings (SSSR count). The average molecular weight is 180 g/mol.